The van der Waals surface area contributed by atoms with Crippen LogP contribution in [0.2, 0.25) is 0 Å². The maximum absolute atomic E-state index is 12.8. The second-order valence-corrected chi connectivity index (χ2v) is 8.73. The second kappa shape index (κ2) is 11.4. The van der Waals surface area contributed by atoms with Crippen LogP contribution in [0.3, 0.4) is 0 Å². The van der Waals surface area contributed by atoms with Crippen molar-refractivity contribution in [1.29, 1.82) is 0 Å². The van der Waals surface area contributed by atoms with Crippen molar-refractivity contribution < 1.29 is 24.1 Å². The van der Waals surface area contributed by atoms with E-state index in [1.807, 2.05) is 42.5 Å². The number of nitrogens with zero attached hydrogens (tertiary/aromatic N) is 1. The second-order valence-electron chi connectivity index (χ2n) is 8.73. The first-order valence-electron chi connectivity index (χ1n) is 11.8. The first-order chi connectivity index (χ1) is 16.1. The average molecular weight is 455 g/mol. The van der Waals surface area contributed by atoms with E-state index in [4.69, 9.17) is 14.2 Å². The third-order valence-corrected chi connectivity index (χ3v) is 6.32. The Morgan fingerprint density at radius 3 is 2.55 bits per heavy atom. The van der Waals surface area contributed by atoms with Crippen molar-refractivity contribution in [2.45, 2.75) is 44.2 Å². The van der Waals surface area contributed by atoms with E-state index >= 15 is 0 Å². The van der Waals surface area contributed by atoms with Crippen LogP contribution < -0.4 is 19.5 Å². The van der Waals surface area contributed by atoms with Crippen LogP contribution >= 0.6 is 0 Å². The highest BCUT2D eigenvalue weighted by molar-refractivity contribution is 5.76. The number of carbonyl (C=O) groups excluding carboxylic acids is 1. The topological polar surface area (TPSA) is 80.3 Å². The van der Waals surface area contributed by atoms with Gasteiger partial charge >= 0.3 is 0 Å². The van der Waals surface area contributed by atoms with Crippen LogP contribution in [0.5, 0.6) is 17.2 Å². The molecule has 0 aromatic heterocycles. The van der Waals surface area contributed by atoms with Crippen LogP contribution in [-0.4, -0.2) is 61.9 Å². The molecule has 0 saturated carbocycles. The summed E-state index contributed by atoms with van der Waals surface area (Å²) in [4.78, 5) is 15.1. The minimum atomic E-state index is -0.827. The Morgan fingerprint density at radius 2 is 1.82 bits per heavy atom. The van der Waals surface area contributed by atoms with Crippen molar-refractivity contribution in [2.24, 2.45) is 0 Å². The zero-order valence-corrected chi connectivity index (χ0v) is 19.3. The summed E-state index contributed by atoms with van der Waals surface area (Å²) in [5.41, 5.74) is 1.90. The van der Waals surface area contributed by atoms with Gasteiger partial charge < -0.3 is 29.5 Å². The van der Waals surface area contributed by atoms with Gasteiger partial charge in [0.25, 0.3) is 0 Å². The molecule has 2 heterocycles. The summed E-state index contributed by atoms with van der Waals surface area (Å²) in [6.07, 6.45) is 3.46. The lowest BCUT2D eigenvalue weighted by Gasteiger charge is -2.29. The smallest absolute Gasteiger partial charge is 0.220 e. The molecule has 0 spiro atoms. The molecule has 178 valence electrons. The Labute approximate surface area is 195 Å². The molecule has 0 radical (unpaired) electrons. The van der Waals surface area contributed by atoms with Gasteiger partial charge in [0.05, 0.1) is 13.2 Å². The molecule has 1 saturated heterocycles. The zero-order valence-electron chi connectivity index (χ0n) is 19.3. The molecule has 1 fully saturated rings. The molecule has 0 bridgehead atoms. The van der Waals surface area contributed by atoms with E-state index in [0.29, 0.717) is 37.7 Å². The van der Waals surface area contributed by atoms with Crippen molar-refractivity contribution in [3.8, 4) is 17.2 Å². The highest BCUT2D eigenvalue weighted by atomic mass is 16.6. The van der Waals surface area contributed by atoms with Crippen molar-refractivity contribution in [3.05, 3.63) is 53.6 Å². The Kier molecular flexibility index (Phi) is 8.07. The summed E-state index contributed by atoms with van der Waals surface area (Å²) in [5.74, 6) is 2.12. The van der Waals surface area contributed by atoms with E-state index in [1.165, 1.54) is 5.56 Å². The zero-order chi connectivity index (χ0) is 23.0. The van der Waals surface area contributed by atoms with Crippen molar-refractivity contribution in [2.75, 3.05) is 40.0 Å². The summed E-state index contributed by atoms with van der Waals surface area (Å²) in [7, 11) is 1.65. The highest BCUT2D eigenvalue weighted by Crippen LogP contribution is 2.33. The van der Waals surface area contributed by atoms with Crippen LogP contribution in [0.25, 0.3) is 0 Å². The van der Waals surface area contributed by atoms with Gasteiger partial charge in [-0.1, -0.05) is 18.2 Å². The normalized spacial score (nSPS) is 17.4. The lowest BCUT2D eigenvalue weighted by atomic mass is 10.0. The van der Waals surface area contributed by atoms with Gasteiger partial charge in [-0.3, -0.25) is 4.79 Å². The largest absolute Gasteiger partial charge is 0.497 e. The summed E-state index contributed by atoms with van der Waals surface area (Å²) in [6, 6.07) is 13.0. The number of aliphatic hydroxyl groups excluding tert-OH is 1. The van der Waals surface area contributed by atoms with Gasteiger partial charge in [0.15, 0.2) is 11.5 Å². The lowest BCUT2D eigenvalue weighted by molar-refractivity contribution is -0.123. The minimum Gasteiger partial charge on any atom is -0.497 e. The number of rotatable bonds is 10. The molecular weight excluding hydrogens is 420 g/mol. The predicted molar refractivity (Wildman–Crippen MR) is 126 cm³/mol. The number of ether oxygens (including phenoxy) is 3. The number of fused-ring (bicyclic) bond motifs is 1. The number of nitrogens with one attached hydrogen (secondary N) is 1. The Balaban J connectivity index is 1.36. The maximum Gasteiger partial charge on any atom is 0.220 e. The van der Waals surface area contributed by atoms with Gasteiger partial charge in [-0.15, -0.1) is 0 Å². The van der Waals surface area contributed by atoms with Crippen LogP contribution in [0.4, 0.5) is 0 Å². The number of hydrogen-bond acceptors (Lipinski definition) is 6. The predicted octanol–water partition coefficient (Wildman–Crippen LogP) is 3.10. The molecular formula is C26H34N2O5. The van der Waals surface area contributed by atoms with Crippen molar-refractivity contribution in [3.63, 3.8) is 0 Å². The lowest BCUT2D eigenvalue weighted by Crippen LogP contribution is -2.46. The molecule has 0 aliphatic carbocycles. The fourth-order valence-electron chi connectivity index (χ4n) is 4.47. The maximum atomic E-state index is 12.8. The molecule has 7 heteroatoms. The fraction of sp³-hybridized carbons (Fsp3) is 0.500. The quantitative estimate of drug-likeness (QED) is 0.574. The molecule has 2 atom stereocenters. The average Bonchev–Trinajstić information content (AvgIpc) is 3.36. The van der Waals surface area contributed by atoms with Crippen molar-refractivity contribution in [1.82, 2.24) is 10.2 Å². The number of amides is 1. The van der Waals surface area contributed by atoms with Gasteiger partial charge in [0.2, 0.25) is 5.91 Å². The van der Waals surface area contributed by atoms with Crippen molar-refractivity contribution >= 4 is 5.91 Å². The SMILES string of the molecule is COc1ccc(CCCC(=O)NC(CN2CCCC2)C(O)c2ccc3c(c2)OCCO3)cc1. The third kappa shape index (κ3) is 6.39. The van der Waals surface area contributed by atoms with E-state index in [-0.39, 0.29) is 11.9 Å². The minimum absolute atomic E-state index is 0.0377. The van der Waals surface area contributed by atoms with Gasteiger partial charge in [-0.2, -0.15) is 0 Å². The van der Waals surface area contributed by atoms with Gasteiger partial charge in [-0.25, -0.2) is 0 Å². The number of carbonyl (C=O) groups is 1. The third-order valence-electron chi connectivity index (χ3n) is 6.32. The molecule has 2 aromatic carbocycles. The molecule has 2 aromatic rings. The molecule has 4 rings (SSSR count). The number of methoxy groups -OCH3 is 1. The number of aliphatic hydroxyl groups is 1. The van der Waals surface area contributed by atoms with Crippen LogP contribution in [0.15, 0.2) is 42.5 Å². The van der Waals surface area contributed by atoms with Crippen LogP contribution in [-0.2, 0) is 11.2 Å². The van der Waals surface area contributed by atoms with E-state index in [1.54, 1.807) is 7.11 Å². The Bertz CT molecular complexity index is 911. The fourth-order valence-corrected chi connectivity index (χ4v) is 4.47. The van der Waals surface area contributed by atoms with Gasteiger partial charge in [0, 0.05) is 13.0 Å². The standard InChI is InChI=1S/C26H34N2O5/c1-31-21-10-7-19(8-11-21)5-4-6-25(29)27-22(18-28-13-2-3-14-28)26(30)20-9-12-23-24(17-20)33-16-15-32-23/h7-12,17,22,26,30H,2-6,13-16,18H2,1H3,(H,27,29). The molecule has 2 aliphatic rings. The molecule has 2 N–H and O–H groups in total. The monoisotopic (exact) mass is 454 g/mol. The number of likely N-dealkylation sites (tertiary alicyclic amines) is 1. The molecule has 33 heavy (non-hydrogen) atoms. The first-order valence-corrected chi connectivity index (χ1v) is 11.8. The summed E-state index contributed by atoms with van der Waals surface area (Å²) in [6.45, 7) is 3.64. The van der Waals surface area contributed by atoms with Gasteiger partial charge in [0.1, 0.15) is 25.1 Å². The first kappa shape index (κ1) is 23.4. The molecule has 7 nitrogen and oxygen atoms in total. The summed E-state index contributed by atoms with van der Waals surface area (Å²) >= 11 is 0. The number of benzene rings is 2. The number of hydrogen-bond donors (Lipinski definition) is 2. The van der Waals surface area contributed by atoms with Crippen LogP contribution in [0, 0.1) is 0 Å². The highest BCUT2D eigenvalue weighted by Gasteiger charge is 2.27. The Hall–Kier alpha value is -2.77. The van der Waals surface area contributed by atoms with E-state index in [9.17, 15) is 9.90 Å². The van der Waals surface area contributed by atoms with E-state index < -0.39 is 6.10 Å². The summed E-state index contributed by atoms with van der Waals surface area (Å²) < 4.78 is 16.5. The Morgan fingerprint density at radius 1 is 1.09 bits per heavy atom. The molecule has 2 unspecified atom stereocenters. The van der Waals surface area contributed by atoms with E-state index in [2.05, 4.69) is 10.2 Å². The molecule has 1 amide bonds. The molecule has 2 aliphatic heterocycles. The van der Waals surface area contributed by atoms with E-state index in [0.717, 1.165) is 50.1 Å². The number of aryl methyl sites for hydroxylation is 1. The summed E-state index contributed by atoms with van der Waals surface area (Å²) in [5, 5.41) is 14.3. The van der Waals surface area contributed by atoms with Gasteiger partial charge in [-0.05, 0) is 74.2 Å². The van der Waals surface area contributed by atoms with Crippen LogP contribution in [0.1, 0.15) is 42.9 Å².